The second kappa shape index (κ2) is 7.60. The van der Waals surface area contributed by atoms with E-state index in [1.807, 2.05) is 47.9 Å². The fourth-order valence-electron chi connectivity index (χ4n) is 4.23. The number of carbonyl (C=O) groups is 3. The summed E-state index contributed by atoms with van der Waals surface area (Å²) < 4.78 is 10.2. The summed E-state index contributed by atoms with van der Waals surface area (Å²) in [4.78, 5) is 48.9. The summed E-state index contributed by atoms with van der Waals surface area (Å²) in [5.74, 6) is 0.371. The number of benzene rings is 1. The summed E-state index contributed by atoms with van der Waals surface area (Å²) in [7, 11) is 4.49. The van der Waals surface area contributed by atoms with E-state index >= 15 is 0 Å². The zero-order chi connectivity index (χ0) is 22.4. The predicted molar refractivity (Wildman–Crippen MR) is 112 cm³/mol. The third-order valence-electron chi connectivity index (χ3n) is 5.99. The van der Waals surface area contributed by atoms with Gasteiger partial charge in [-0.15, -0.1) is 0 Å². The molecule has 3 aliphatic rings. The Morgan fingerprint density at radius 1 is 1.13 bits per heavy atom. The van der Waals surface area contributed by atoms with Crippen LogP contribution in [0, 0.1) is 0 Å². The van der Waals surface area contributed by atoms with Crippen molar-refractivity contribution in [3.63, 3.8) is 0 Å². The first kappa shape index (κ1) is 20.7. The van der Waals surface area contributed by atoms with Crippen molar-refractivity contribution in [1.29, 1.82) is 0 Å². The Bertz CT molecular complexity index is 1020. The maximum atomic E-state index is 13.4. The summed E-state index contributed by atoms with van der Waals surface area (Å²) in [5, 5.41) is 0. The molecule has 0 aliphatic carbocycles. The molecule has 0 spiro atoms. The number of likely N-dealkylation sites (N-methyl/N-ethyl adjacent to an activating group) is 1. The number of methoxy groups -OCH3 is 2. The molecule has 2 unspecified atom stereocenters. The van der Waals surface area contributed by atoms with Crippen LogP contribution < -0.4 is 9.64 Å². The molecule has 10 heteroatoms. The number of allylic oxidation sites excluding steroid dienone is 2. The van der Waals surface area contributed by atoms with Crippen LogP contribution in [-0.4, -0.2) is 78.6 Å². The third kappa shape index (κ3) is 3.01. The highest BCUT2D eigenvalue weighted by atomic mass is 16.5. The quantitative estimate of drug-likeness (QED) is 0.659. The predicted octanol–water partition coefficient (Wildman–Crippen LogP) is 1.59. The number of aliphatic imine (C=N–C) groups is 1. The number of carbonyl (C=O) groups excluding carboxylic acids is 3. The van der Waals surface area contributed by atoms with Gasteiger partial charge in [-0.25, -0.2) is 9.79 Å². The van der Waals surface area contributed by atoms with Crippen molar-refractivity contribution >= 4 is 29.6 Å². The molecule has 2 atom stereocenters. The van der Waals surface area contributed by atoms with Crippen LogP contribution in [-0.2, 0) is 14.3 Å². The number of rotatable bonds is 5. The molecule has 0 radical (unpaired) electrons. The molecule has 0 N–H and O–H groups in total. The molecule has 3 amide bonds. The number of esters is 1. The van der Waals surface area contributed by atoms with Gasteiger partial charge in [0, 0.05) is 25.0 Å². The molecule has 1 aromatic carbocycles. The number of amides is 3. The molecule has 0 aromatic heterocycles. The first-order valence-corrected chi connectivity index (χ1v) is 9.94. The lowest BCUT2D eigenvalue weighted by Crippen LogP contribution is -2.64. The lowest BCUT2D eigenvalue weighted by molar-refractivity contribution is -0.142. The molecule has 31 heavy (non-hydrogen) atoms. The molecule has 1 fully saturated rings. The summed E-state index contributed by atoms with van der Waals surface area (Å²) in [6, 6.07) is 6.38. The van der Waals surface area contributed by atoms with E-state index in [0.29, 0.717) is 11.7 Å². The summed E-state index contributed by atoms with van der Waals surface area (Å²) in [6.45, 7) is 3.83. The van der Waals surface area contributed by atoms with Crippen molar-refractivity contribution in [2.24, 2.45) is 4.99 Å². The topological polar surface area (TPSA) is 95.0 Å². The SMILES string of the molecule is COC(=O)CCN1C(=O)C2C(N=C3N(c4ccccc4OC)C(C)=C(C)N32)N(C)C1=O. The van der Waals surface area contributed by atoms with Gasteiger partial charge in [-0.1, -0.05) is 12.1 Å². The minimum Gasteiger partial charge on any atom is -0.495 e. The van der Waals surface area contributed by atoms with E-state index in [-0.39, 0.29) is 18.9 Å². The summed E-state index contributed by atoms with van der Waals surface area (Å²) in [6.07, 6.45) is -0.724. The minimum absolute atomic E-state index is 0.0426. The molecule has 4 rings (SSSR count). The number of imide groups is 1. The molecular formula is C21H25N5O5. The van der Waals surface area contributed by atoms with Crippen LogP contribution in [0.2, 0.25) is 0 Å². The van der Waals surface area contributed by atoms with Gasteiger partial charge in [-0.05, 0) is 26.0 Å². The number of anilines is 1. The normalized spacial score (nSPS) is 22.7. The highest BCUT2D eigenvalue weighted by Gasteiger charge is 2.56. The molecule has 1 saturated heterocycles. The number of hydrogen-bond donors (Lipinski definition) is 0. The monoisotopic (exact) mass is 427 g/mol. The Morgan fingerprint density at radius 2 is 1.84 bits per heavy atom. The summed E-state index contributed by atoms with van der Waals surface area (Å²) in [5.41, 5.74) is 2.57. The zero-order valence-corrected chi connectivity index (χ0v) is 18.2. The van der Waals surface area contributed by atoms with Gasteiger partial charge in [0.1, 0.15) is 5.75 Å². The van der Waals surface area contributed by atoms with Gasteiger partial charge in [0.05, 0.1) is 26.3 Å². The van der Waals surface area contributed by atoms with Crippen molar-refractivity contribution in [2.75, 3.05) is 32.7 Å². The maximum Gasteiger partial charge on any atom is 0.328 e. The van der Waals surface area contributed by atoms with Crippen molar-refractivity contribution in [2.45, 2.75) is 32.5 Å². The van der Waals surface area contributed by atoms with Gasteiger partial charge in [0.15, 0.2) is 12.2 Å². The average molecular weight is 427 g/mol. The number of guanidine groups is 1. The second-order valence-electron chi connectivity index (χ2n) is 7.55. The van der Waals surface area contributed by atoms with E-state index < -0.39 is 24.2 Å². The fraction of sp³-hybridized carbons (Fsp3) is 0.429. The van der Waals surface area contributed by atoms with E-state index in [4.69, 9.17) is 9.73 Å². The first-order chi connectivity index (χ1) is 14.8. The van der Waals surface area contributed by atoms with E-state index in [1.165, 1.54) is 12.0 Å². The number of para-hydroxylation sites is 2. The lowest BCUT2D eigenvalue weighted by Gasteiger charge is -2.40. The molecule has 3 heterocycles. The molecule has 164 valence electrons. The van der Waals surface area contributed by atoms with Crippen LogP contribution in [0.1, 0.15) is 20.3 Å². The van der Waals surface area contributed by atoms with Gasteiger partial charge >= 0.3 is 12.0 Å². The molecule has 3 aliphatic heterocycles. The highest BCUT2D eigenvalue weighted by Crippen LogP contribution is 2.42. The largest absolute Gasteiger partial charge is 0.495 e. The van der Waals surface area contributed by atoms with Crippen molar-refractivity contribution in [1.82, 2.24) is 14.7 Å². The van der Waals surface area contributed by atoms with E-state index in [0.717, 1.165) is 22.0 Å². The Balaban J connectivity index is 1.71. The van der Waals surface area contributed by atoms with Crippen LogP contribution in [0.15, 0.2) is 40.7 Å². The highest BCUT2D eigenvalue weighted by molar-refractivity contribution is 6.11. The third-order valence-corrected chi connectivity index (χ3v) is 5.99. The van der Waals surface area contributed by atoms with Crippen LogP contribution >= 0.6 is 0 Å². The van der Waals surface area contributed by atoms with Gasteiger partial charge in [-0.2, -0.15) is 0 Å². The Kier molecular flexibility index (Phi) is 5.08. The number of nitrogens with zero attached hydrogens (tertiary/aromatic N) is 5. The lowest BCUT2D eigenvalue weighted by atomic mass is 10.1. The molecule has 10 nitrogen and oxygen atoms in total. The minimum atomic E-state index is -0.704. The Labute approximate surface area is 180 Å². The van der Waals surface area contributed by atoms with Gasteiger partial charge in [-0.3, -0.25) is 24.3 Å². The Morgan fingerprint density at radius 3 is 2.52 bits per heavy atom. The number of fused-ring (bicyclic) bond motifs is 3. The number of urea groups is 1. The maximum absolute atomic E-state index is 13.4. The van der Waals surface area contributed by atoms with Crippen molar-refractivity contribution in [3.05, 3.63) is 35.7 Å². The van der Waals surface area contributed by atoms with Gasteiger partial charge < -0.3 is 14.4 Å². The van der Waals surface area contributed by atoms with E-state index in [9.17, 15) is 14.4 Å². The smallest absolute Gasteiger partial charge is 0.328 e. The molecule has 0 saturated carbocycles. The van der Waals surface area contributed by atoms with Crippen LogP contribution in [0.25, 0.3) is 0 Å². The van der Waals surface area contributed by atoms with Crippen LogP contribution in [0.3, 0.4) is 0 Å². The number of hydrogen-bond acceptors (Lipinski definition) is 8. The van der Waals surface area contributed by atoms with Crippen molar-refractivity contribution < 1.29 is 23.9 Å². The first-order valence-electron chi connectivity index (χ1n) is 9.94. The zero-order valence-electron chi connectivity index (χ0n) is 18.2. The molecule has 1 aromatic rings. The van der Waals surface area contributed by atoms with E-state index in [2.05, 4.69) is 4.74 Å². The fourth-order valence-corrected chi connectivity index (χ4v) is 4.23. The number of ether oxygens (including phenoxy) is 2. The second-order valence-corrected chi connectivity index (χ2v) is 7.55. The Hall–Kier alpha value is -3.56. The van der Waals surface area contributed by atoms with Crippen LogP contribution in [0.5, 0.6) is 5.75 Å². The van der Waals surface area contributed by atoms with E-state index in [1.54, 1.807) is 14.2 Å². The average Bonchev–Trinajstić information content (AvgIpc) is 3.27. The van der Waals surface area contributed by atoms with Gasteiger partial charge in [0.25, 0.3) is 5.91 Å². The standard InChI is InChI=1S/C21H25N5O5/c1-12-13(2)26-17-18(22-20(26)25(12)14-8-6-7-9-15(14)30-4)23(3)21(29)24(19(17)28)11-10-16(27)31-5/h6-9,17-18H,10-11H2,1-5H3. The molecule has 0 bridgehead atoms. The van der Waals surface area contributed by atoms with Crippen molar-refractivity contribution in [3.8, 4) is 5.75 Å². The van der Waals surface area contributed by atoms with Crippen LogP contribution in [0.4, 0.5) is 10.5 Å². The molecular weight excluding hydrogens is 402 g/mol. The summed E-state index contributed by atoms with van der Waals surface area (Å²) >= 11 is 0. The van der Waals surface area contributed by atoms with Gasteiger partial charge in [0.2, 0.25) is 5.96 Å².